The third-order valence-electron chi connectivity index (χ3n) is 1.90. The van der Waals surface area contributed by atoms with E-state index in [9.17, 15) is 4.79 Å². The van der Waals surface area contributed by atoms with Crippen LogP contribution in [0.2, 0.25) is 0 Å². The van der Waals surface area contributed by atoms with Crippen LogP contribution in [0.15, 0.2) is 30.3 Å². The highest BCUT2D eigenvalue weighted by Gasteiger charge is 1.95. The topological polar surface area (TPSA) is 47.6 Å². The lowest BCUT2D eigenvalue weighted by Gasteiger charge is -1.98. The summed E-state index contributed by atoms with van der Waals surface area (Å²) in [5.41, 5.74) is 0. The minimum absolute atomic E-state index is 0.205. The maximum Gasteiger partial charge on any atom is 0.319 e. The van der Waals surface area contributed by atoms with Crippen molar-refractivity contribution in [2.75, 3.05) is 27.3 Å². The fourth-order valence-corrected chi connectivity index (χ4v) is 0.996. The Bertz CT molecular complexity index is 288. The van der Waals surface area contributed by atoms with Crippen molar-refractivity contribution in [2.24, 2.45) is 0 Å². The van der Waals surface area contributed by atoms with Gasteiger partial charge in [0.2, 0.25) is 0 Å². The van der Waals surface area contributed by atoms with Gasteiger partial charge in [-0.3, -0.25) is 4.79 Å². The molecule has 0 saturated carbocycles. The number of hydrogen-bond acceptors (Lipinski definition) is 4. The number of ether oxygens (including phenoxy) is 2. The largest absolute Gasteiger partial charge is 0.497 e. The van der Waals surface area contributed by atoms with Gasteiger partial charge < -0.3 is 14.8 Å². The average Bonchev–Trinajstić information content (AvgIpc) is 2.40. The van der Waals surface area contributed by atoms with Gasteiger partial charge in [0.15, 0.2) is 0 Å². The van der Waals surface area contributed by atoms with Crippen molar-refractivity contribution in [3.63, 3.8) is 0 Å². The number of rotatable bonds is 5. The molecule has 0 aliphatic heterocycles. The number of carbonyl (C=O) groups is 1. The molecule has 1 aromatic rings. The molecule has 0 radical (unpaired) electrons. The summed E-state index contributed by atoms with van der Waals surface area (Å²) in [7, 11) is 3.05. The Labute approximate surface area is 103 Å². The molecule has 0 unspecified atom stereocenters. The lowest BCUT2D eigenvalue weighted by Crippen LogP contribution is -2.24. The first-order valence-electron chi connectivity index (χ1n) is 5.61. The van der Waals surface area contributed by atoms with E-state index in [4.69, 9.17) is 4.74 Å². The van der Waals surface area contributed by atoms with Crippen LogP contribution < -0.4 is 10.1 Å². The molecule has 0 bridgehead atoms. The molecule has 0 fully saturated rings. The van der Waals surface area contributed by atoms with Crippen LogP contribution >= 0.6 is 0 Å². The van der Waals surface area contributed by atoms with Crippen molar-refractivity contribution in [1.29, 1.82) is 0 Å². The lowest BCUT2D eigenvalue weighted by molar-refractivity contribution is -0.139. The van der Waals surface area contributed by atoms with E-state index >= 15 is 0 Å². The molecule has 0 heterocycles. The number of para-hydroxylation sites is 1. The van der Waals surface area contributed by atoms with Crippen molar-refractivity contribution in [2.45, 2.75) is 13.3 Å². The summed E-state index contributed by atoms with van der Waals surface area (Å²) in [6.07, 6.45) is 1.04. The molecule has 0 spiro atoms. The Morgan fingerprint density at radius 2 is 1.88 bits per heavy atom. The van der Waals surface area contributed by atoms with Crippen LogP contribution in [-0.4, -0.2) is 33.3 Å². The highest BCUT2D eigenvalue weighted by Crippen LogP contribution is 2.05. The smallest absolute Gasteiger partial charge is 0.319 e. The normalized spacial score (nSPS) is 8.88. The molecule has 0 aromatic heterocycles. The van der Waals surface area contributed by atoms with Crippen LogP contribution in [0, 0.1) is 0 Å². The van der Waals surface area contributed by atoms with E-state index in [2.05, 4.69) is 10.1 Å². The molecule has 1 N–H and O–H groups in total. The summed E-state index contributed by atoms with van der Waals surface area (Å²) in [5.74, 6) is 0.705. The first-order valence-corrected chi connectivity index (χ1v) is 5.61. The maximum atomic E-state index is 10.4. The molecule has 4 nitrogen and oxygen atoms in total. The van der Waals surface area contributed by atoms with Gasteiger partial charge in [-0.05, 0) is 25.1 Å². The summed E-state index contributed by atoms with van der Waals surface area (Å²) in [4.78, 5) is 10.4. The van der Waals surface area contributed by atoms with Crippen molar-refractivity contribution in [3.8, 4) is 5.75 Å². The minimum atomic E-state index is -0.205. The van der Waals surface area contributed by atoms with Gasteiger partial charge in [-0.25, -0.2) is 0 Å². The fourth-order valence-electron chi connectivity index (χ4n) is 0.996. The van der Waals surface area contributed by atoms with Crippen LogP contribution in [-0.2, 0) is 9.53 Å². The third-order valence-corrected chi connectivity index (χ3v) is 1.90. The second-order valence-electron chi connectivity index (χ2n) is 3.27. The summed E-state index contributed by atoms with van der Waals surface area (Å²) < 4.78 is 9.31. The van der Waals surface area contributed by atoms with Crippen LogP contribution in [0.5, 0.6) is 5.75 Å². The van der Waals surface area contributed by atoms with Gasteiger partial charge >= 0.3 is 5.97 Å². The SMILES string of the molecule is CCCNCC(=O)OC.COc1ccccc1. The summed E-state index contributed by atoms with van der Waals surface area (Å²) in [5, 5.41) is 2.91. The lowest BCUT2D eigenvalue weighted by atomic mass is 10.3. The third kappa shape index (κ3) is 9.38. The van der Waals surface area contributed by atoms with Gasteiger partial charge in [0, 0.05) is 0 Å². The molecule has 0 amide bonds. The van der Waals surface area contributed by atoms with Crippen LogP contribution in [0.1, 0.15) is 13.3 Å². The van der Waals surface area contributed by atoms with Gasteiger partial charge in [0.05, 0.1) is 20.8 Å². The zero-order chi connectivity index (χ0) is 12.9. The second-order valence-corrected chi connectivity index (χ2v) is 3.27. The van der Waals surface area contributed by atoms with E-state index in [1.54, 1.807) is 7.11 Å². The van der Waals surface area contributed by atoms with Gasteiger partial charge in [-0.1, -0.05) is 25.1 Å². The van der Waals surface area contributed by atoms with Crippen LogP contribution in [0.25, 0.3) is 0 Å². The summed E-state index contributed by atoms with van der Waals surface area (Å²) >= 11 is 0. The Morgan fingerprint density at radius 3 is 2.29 bits per heavy atom. The Hall–Kier alpha value is -1.55. The Kier molecular flexibility index (Phi) is 9.95. The standard InChI is InChI=1S/C7H8O.C6H13NO2/c1-8-7-5-3-2-4-6-7;1-3-4-7-5-6(8)9-2/h2-6H,1H3;7H,3-5H2,1-2H3. The average molecular weight is 239 g/mol. The van der Waals surface area contributed by atoms with E-state index < -0.39 is 0 Å². The summed E-state index contributed by atoms with van der Waals surface area (Å²) in [6.45, 7) is 3.24. The first kappa shape index (κ1) is 15.4. The molecule has 0 saturated heterocycles. The van der Waals surface area contributed by atoms with E-state index in [0.717, 1.165) is 18.7 Å². The van der Waals surface area contributed by atoms with Gasteiger partial charge in [0.25, 0.3) is 0 Å². The molecular weight excluding hydrogens is 218 g/mol. The van der Waals surface area contributed by atoms with Gasteiger partial charge in [-0.15, -0.1) is 0 Å². The number of methoxy groups -OCH3 is 2. The van der Waals surface area contributed by atoms with Gasteiger partial charge in [-0.2, -0.15) is 0 Å². The van der Waals surface area contributed by atoms with E-state index in [1.165, 1.54) is 7.11 Å². The van der Waals surface area contributed by atoms with Gasteiger partial charge in [0.1, 0.15) is 5.75 Å². The van der Waals surface area contributed by atoms with Crippen molar-refractivity contribution in [1.82, 2.24) is 5.32 Å². The number of esters is 1. The molecule has 1 rings (SSSR count). The predicted octanol–water partition coefficient (Wildman–Crippen LogP) is 1.85. The summed E-state index contributed by atoms with van der Waals surface area (Å²) in [6, 6.07) is 9.68. The number of benzene rings is 1. The van der Waals surface area contributed by atoms with E-state index in [0.29, 0.717) is 6.54 Å². The van der Waals surface area contributed by atoms with Crippen molar-refractivity contribution in [3.05, 3.63) is 30.3 Å². The molecule has 4 heteroatoms. The number of hydrogen-bond donors (Lipinski definition) is 1. The number of carbonyl (C=O) groups excluding carboxylic acids is 1. The molecule has 1 aromatic carbocycles. The van der Waals surface area contributed by atoms with Crippen LogP contribution in [0.4, 0.5) is 0 Å². The highest BCUT2D eigenvalue weighted by molar-refractivity contribution is 5.71. The quantitative estimate of drug-likeness (QED) is 0.629. The Morgan fingerprint density at radius 1 is 1.24 bits per heavy atom. The molecule has 0 aliphatic carbocycles. The van der Waals surface area contributed by atoms with Crippen molar-refractivity contribution >= 4 is 5.97 Å². The van der Waals surface area contributed by atoms with E-state index in [1.807, 2.05) is 37.3 Å². The second kappa shape index (κ2) is 11.0. The molecule has 96 valence electrons. The zero-order valence-electron chi connectivity index (χ0n) is 10.7. The molecular formula is C13H21NO3. The highest BCUT2D eigenvalue weighted by atomic mass is 16.5. The zero-order valence-corrected chi connectivity index (χ0v) is 10.7. The first-order chi connectivity index (χ1) is 8.24. The number of nitrogens with one attached hydrogen (secondary N) is 1. The molecule has 17 heavy (non-hydrogen) atoms. The molecule has 0 aliphatic rings. The molecule has 0 atom stereocenters. The maximum absolute atomic E-state index is 10.4. The van der Waals surface area contributed by atoms with Crippen molar-refractivity contribution < 1.29 is 14.3 Å². The van der Waals surface area contributed by atoms with E-state index in [-0.39, 0.29) is 5.97 Å². The minimum Gasteiger partial charge on any atom is -0.497 e. The fraction of sp³-hybridized carbons (Fsp3) is 0.462. The monoisotopic (exact) mass is 239 g/mol. The predicted molar refractivity (Wildman–Crippen MR) is 68.2 cm³/mol. The van der Waals surface area contributed by atoms with Crippen LogP contribution in [0.3, 0.4) is 0 Å². The Balaban J connectivity index is 0.000000302.